The summed E-state index contributed by atoms with van der Waals surface area (Å²) in [6.07, 6.45) is 81.1. The van der Waals surface area contributed by atoms with Crippen molar-refractivity contribution in [1.29, 1.82) is 0 Å². The summed E-state index contributed by atoms with van der Waals surface area (Å²) in [5.41, 5.74) is 0. The molecule has 0 heterocycles. The predicted molar refractivity (Wildman–Crippen MR) is 333 cm³/mol. The molecule has 6 heteroatoms. The zero-order chi connectivity index (χ0) is 55.0. The summed E-state index contributed by atoms with van der Waals surface area (Å²) in [7, 11) is 0. The molecule has 0 aromatic heterocycles. The lowest BCUT2D eigenvalue weighted by molar-refractivity contribution is -0.143. The van der Waals surface area contributed by atoms with Gasteiger partial charge in [0, 0.05) is 12.8 Å². The summed E-state index contributed by atoms with van der Waals surface area (Å²) in [4.78, 5) is 24.6. The second kappa shape index (κ2) is 66.1. The number of unbranched alkanes of at least 4 members (excludes halogenated alkanes) is 53. The second-order valence-electron chi connectivity index (χ2n) is 24.2. The maximum absolute atomic E-state index is 12.5. The average Bonchev–Trinajstić information content (AvgIpc) is 3.42. The van der Waals surface area contributed by atoms with E-state index in [0.717, 1.165) is 38.5 Å². The summed E-state index contributed by atoms with van der Waals surface area (Å²) in [6.45, 7) is 5.00. The molecule has 0 aromatic rings. The highest BCUT2D eigenvalue weighted by molar-refractivity contribution is 5.76. The van der Waals surface area contributed by atoms with Gasteiger partial charge in [0.15, 0.2) is 0 Å². The highest BCUT2D eigenvalue weighted by Crippen LogP contribution is 2.19. The maximum atomic E-state index is 12.5. The number of rotatable bonds is 66. The lowest BCUT2D eigenvalue weighted by Crippen LogP contribution is -2.45. The minimum atomic E-state index is -0.666. The fourth-order valence-electron chi connectivity index (χ4n) is 11.2. The number of aliphatic hydroxyl groups is 2. The molecule has 0 aliphatic carbocycles. The van der Waals surface area contributed by atoms with Gasteiger partial charge in [-0.25, -0.2) is 0 Å². The Morgan fingerprint density at radius 1 is 0.355 bits per heavy atom. The van der Waals surface area contributed by atoms with Crippen LogP contribution in [0.2, 0.25) is 0 Å². The molecule has 2 unspecified atom stereocenters. The standard InChI is InChI=1S/C70H137NO5/c1-3-5-7-9-11-13-15-17-19-21-31-34-38-42-46-50-54-58-62-68(73)67(66-72)71-69(74)63-59-55-51-47-43-39-35-32-29-27-25-23-22-24-26-28-30-33-37-41-45-49-53-57-61-65-76-70(75)64-60-56-52-48-44-40-36-20-18-16-14-12-10-8-6-4-2/h23,25,67-68,72-73H,3-22,24,26-66H2,1-2H3,(H,71,74)/b25-23-. The maximum Gasteiger partial charge on any atom is 0.305 e. The van der Waals surface area contributed by atoms with Gasteiger partial charge >= 0.3 is 5.97 Å². The lowest BCUT2D eigenvalue weighted by atomic mass is 10.0. The number of amides is 1. The molecule has 6 nitrogen and oxygen atoms in total. The Morgan fingerprint density at radius 3 is 0.934 bits per heavy atom. The molecule has 0 spiro atoms. The normalized spacial score (nSPS) is 12.5. The van der Waals surface area contributed by atoms with Crippen LogP contribution in [0.3, 0.4) is 0 Å². The highest BCUT2D eigenvalue weighted by Gasteiger charge is 2.20. The number of nitrogens with one attached hydrogen (secondary N) is 1. The van der Waals surface area contributed by atoms with E-state index < -0.39 is 12.1 Å². The van der Waals surface area contributed by atoms with Gasteiger partial charge in [0.05, 0.1) is 25.4 Å². The molecule has 0 saturated heterocycles. The number of carbonyl (C=O) groups is 2. The van der Waals surface area contributed by atoms with Crippen molar-refractivity contribution in [2.45, 2.75) is 411 Å². The van der Waals surface area contributed by atoms with E-state index in [-0.39, 0.29) is 18.5 Å². The number of allylic oxidation sites excluding steroid dienone is 2. The van der Waals surface area contributed by atoms with Gasteiger partial charge < -0.3 is 20.3 Å². The van der Waals surface area contributed by atoms with Gasteiger partial charge in [-0.05, 0) is 51.4 Å². The van der Waals surface area contributed by atoms with Crippen molar-refractivity contribution in [3.05, 3.63) is 12.2 Å². The van der Waals surface area contributed by atoms with Gasteiger partial charge in [-0.3, -0.25) is 9.59 Å². The van der Waals surface area contributed by atoms with Crippen LogP contribution in [0.4, 0.5) is 0 Å². The minimum Gasteiger partial charge on any atom is -0.466 e. The first kappa shape index (κ1) is 74.6. The van der Waals surface area contributed by atoms with Crippen molar-refractivity contribution >= 4 is 11.9 Å². The quantitative estimate of drug-likeness (QED) is 0.0320. The molecule has 0 bridgehead atoms. The van der Waals surface area contributed by atoms with Gasteiger partial charge in [-0.15, -0.1) is 0 Å². The predicted octanol–water partition coefficient (Wildman–Crippen LogP) is 22.4. The molecule has 0 aliphatic heterocycles. The average molecular weight is 1070 g/mol. The first-order valence-electron chi connectivity index (χ1n) is 34.9. The van der Waals surface area contributed by atoms with Crippen LogP contribution < -0.4 is 5.32 Å². The zero-order valence-corrected chi connectivity index (χ0v) is 51.8. The fourth-order valence-corrected chi connectivity index (χ4v) is 11.2. The number of aliphatic hydroxyl groups excluding tert-OH is 2. The second-order valence-corrected chi connectivity index (χ2v) is 24.2. The summed E-state index contributed by atoms with van der Waals surface area (Å²) in [6, 6.07) is -0.544. The molecule has 76 heavy (non-hydrogen) atoms. The van der Waals surface area contributed by atoms with Crippen LogP contribution in [0.25, 0.3) is 0 Å². The fraction of sp³-hybridized carbons (Fsp3) is 0.943. The third kappa shape index (κ3) is 61.8. The van der Waals surface area contributed by atoms with Crippen LogP contribution in [-0.2, 0) is 14.3 Å². The van der Waals surface area contributed by atoms with E-state index in [1.165, 1.54) is 327 Å². The van der Waals surface area contributed by atoms with Crippen LogP contribution in [0.15, 0.2) is 12.2 Å². The van der Waals surface area contributed by atoms with Gasteiger partial charge in [0.25, 0.3) is 0 Å². The molecule has 0 rings (SSSR count). The SMILES string of the molecule is CCCCCCCCCCCCCCCCCCCCC(O)C(CO)NC(=O)CCCCCCCCCCC/C=C\CCCCCCCCCCCCCCOC(=O)CCCCCCCCCCCCCCCCCC. The van der Waals surface area contributed by atoms with Crippen LogP contribution in [0.5, 0.6) is 0 Å². The number of hydrogen-bond donors (Lipinski definition) is 3. The number of hydrogen-bond acceptors (Lipinski definition) is 5. The van der Waals surface area contributed by atoms with Crippen molar-refractivity contribution in [2.75, 3.05) is 13.2 Å². The molecule has 0 radical (unpaired) electrons. The molecule has 3 N–H and O–H groups in total. The van der Waals surface area contributed by atoms with Gasteiger partial charge in [-0.2, -0.15) is 0 Å². The molecule has 0 saturated carbocycles. The molecule has 2 atom stereocenters. The van der Waals surface area contributed by atoms with Crippen molar-refractivity contribution in [1.82, 2.24) is 5.32 Å². The lowest BCUT2D eigenvalue weighted by Gasteiger charge is -2.22. The van der Waals surface area contributed by atoms with Crippen LogP contribution in [0, 0.1) is 0 Å². The monoisotopic (exact) mass is 1070 g/mol. The zero-order valence-electron chi connectivity index (χ0n) is 51.8. The number of esters is 1. The number of carbonyl (C=O) groups excluding carboxylic acids is 2. The molecule has 0 aliphatic rings. The van der Waals surface area contributed by atoms with Crippen molar-refractivity contribution < 1.29 is 24.5 Å². The summed E-state index contributed by atoms with van der Waals surface area (Å²) < 4.78 is 5.50. The Bertz CT molecular complexity index is 1140. The Morgan fingerprint density at radius 2 is 0.618 bits per heavy atom. The van der Waals surface area contributed by atoms with Gasteiger partial charge in [0.2, 0.25) is 5.91 Å². The van der Waals surface area contributed by atoms with E-state index in [1.54, 1.807) is 0 Å². The van der Waals surface area contributed by atoms with E-state index in [2.05, 4.69) is 31.3 Å². The van der Waals surface area contributed by atoms with Crippen LogP contribution >= 0.6 is 0 Å². The van der Waals surface area contributed by atoms with Crippen LogP contribution in [0.1, 0.15) is 399 Å². The van der Waals surface area contributed by atoms with Gasteiger partial charge in [0.1, 0.15) is 0 Å². The molecule has 452 valence electrons. The van der Waals surface area contributed by atoms with Crippen molar-refractivity contribution in [2.24, 2.45) is 0 Å². The first-order chi connectivity index (χ1) is 37.5. The first-order valence-corrected chi connectivity index (χ1v) is 34.9. The topological polar surface area (TPSA) is 95.9 Å². The molecule has 0 fully saturated rings. The molecular formula is C70H137NO5. The minimum absolute atomic E-state index is 0.0180. The highest BCUT2D eigenvalue weighted by atomic mass is 16.5. The molecule has 1 amide bonds. The van der Waals surface area contributed by atoms with E-state index in [1.807, 2.05) is 0 Å². The van der Waals surface area contributed by atoms with E-state index in [4.69, 9.17) is 4.74 Å². The smallest absolute Gasteiger partial charge is 0.305 e. The number of ether oxygens (including phenoxy) is 1. The van der Waals surface area contributed by atoms with E-state index in [0.29, 0.717) is 25.9 Å². The largest absolute Gasteiger partial charge is 0.466 e. The van der Waals surface area contributed by atoms with Crippen molar-refractivity contribution in [3.63, 3.8) is 0 Å². The van der Waals surface area contributed by atoms with Crippen molar-refractivity contribution in [3.8, 4) is 0 Å². The Balaban J connectivity index is 3.38. The molecular weight excluding hydrogens is 935 g/mol. The van der Waals surface area contributed by atoms with Crippen LogP contribution in [-0.4, -0.2) is 47.4 Å². The molecule has 0 aromatic carbocycles. The Hall–Kier alpha value is -1.40. The summed E-state index contributed by atoms with van der Waals surface area (Å²) >= 11 is 0. The third-order valence-electron chi connectivity index (χ3n) is 16.6. The summed E-state index contributed by atoms with van der Waals surface area (Å²) in [5.74, 6) is -0.0159. The van der Waals surface area contributed by atoms with E-state index >= 15 is 0 Å². The summed E-state index contributed by atoms with van der Waals surface area (Å²) in [5, 5.41) is 23.4. The van der Waals surface area contributed by atoms with Gasteiger partial charge in [-0.1, -0.05) is 347 Å². The van der Waals surface area contributed by atoms with E-state index in [9.17, 15) is 19.8 Å². The Kier molecular flexibility index (Phi) is 64.9. The third-order valence-corrected chi connectivity index (χ3v) is 16.6. The Labute approximate surface area is 476 Å².